The molecule has 5 heteroatoms. The third-order valence-electron chi connectivity index (χ3n) is 1.33. The predicted octanol–water partition coefficient (Wildman–Crippen LogP) is 1.23. The number of carbonyl (C=O) groups is 2. The summed E-state index contributed by atoms with van der Waals surface area (Å²) in [5.41, 5.74) is 5.94. The first-order chi connectivity index (χ1) is 7.95. The molecule has 17 heavy (non-hydrogen) atoms. The van der Waals surface area contributed by atoms with Crippen LogP contribution in [0.5, 0.6) is 0 Å². The van der Waals surface area contributed by atoms with Crippen molar-refractivity contribution >= 4 is 11.9 Å². The highest BCUT2D eigenvalue weighted by Crippen LogP contribution is 1.92. The second-order valence-corrected chi connectivity index (χ2v) is 2.73. The normalized spacial score (nSPS) is 8.88. The molecule has 0 atom stereocenters. The van der Waals surface area contributed by atoms with E-state index < -0.39 is 11.9 Å². The number of ether oxygens (including phenoxy) is 1. The van der Waals surface area contributed by atoms with Crippen molar-refractivity contribution in [1.82, 2.24) is 5.32 Å². The van der Waals surface area contributed by atoms with Gasteiger partial charge >= 0.3 is 5.97 Å². The Morgan fingerprint density at radius 1 is 1.29 bits per heavy atom. The van der Waals surface area contributed by atoms with E-state index in [1.54, 1.807) is 0 Å². The second kappa shape index (κ2) is 10.5. The molecule has 0 spiro atoms. The van der Waals surface area contributed by atoms with Gasteiger partial charge in [-0.15, -0.1) is 0 Å². The highest BCUT2D eigenvalue weighted by atomic mass is 16.5. The van der Waals surface area contributed by atoms with Gasteiger partial charge in [-0.1, -0.05) is 27.0 Å². The molecule has 3 N–H and O–H groups in total. The van der Waals surface area contributed by atoms with Crippen LogP contribution >= 0.6 is 0 Å². The van der Waals surface area contributed by atoms with Crippen molar-refractivity contribution in [2.75, 3.05) is 7.11 Å². The fraction of sp³-hybridized carbons (Fsp3) is 0.333. The molecule has 0 saturated carbocycles. The average molecular weight is 240 g/mol. The van der Waals surface area contributed by atoms with Crippen LogP contribution in [0.1, 0.15) is 20.3 Å². The number of hydrogen-bond acceptors (Lipinski definition) is 4. The fourth-order valence-electron chi connectivity index (χ4n) is 0.676. The lowest BCUT2D eigenvalue weighted by Gasteiger charge is -2.03. The van der Waals surface area contributed by atoms with E-state index in [4.69, 9.17) is 5.73 Å². The third-order valence-corrected chi connectivity index (χ3v) is 1.33. The van der Waals surface area contributed by atoms with Gasteiger partial charge in [0.05, 0.1) is 7.11 Å². The van der Waals surface area contributed by atoms with E-state index in [1.165, 1.54) is 19.3 Å². The SMILES string of the molecule is C=C(N)/C=C\C(=C)NC(=O)CC(=O)OC.CC. The Hall–Kier alpha value is -2.04. The number of nitrogens with one attached hydrogen (secondary N) is 1. The van der Waals surface area contributed by atoms with Crippen LogP contribution in [0.2, 0.25) is 0 Å². The molecule has 0 radical (unpaired) electrons. The van der Waals surface area contributed by atoms with Gasteiger partial charge in [0.2, 0.25) is 5.91 Å². The molecule has 0 unspecified atom stereocenters. The van der Waals surface area contributed by atoms with Crippen LogP contribution in [-0.4, -0.2) is 19.0 Å². The molecule has 0 rings (SSSR count). The minimum atomic E-state index is -0.604. The van der Waals surface area contributed by atoms with Crippen LogP contribution in [0, 0.1) is 0 Å². The number of amides is 1. The molecular weight excluding hydrogens is 220 g/mol. The molecular formula is C12H20N2O3. The highest BCUT2D eigenvalue weighted by Gasteiger charge is 2.08. The zero-order chi connectivity index (χ0) is 13.8. The Balaban J connectivity index is 0. The third kappa shape index (κ3) is 11.9. The second-order valence-electron chi connectivity index (χ2n) is 2.73. The van der Waals surface area contributed by atoms with Gasteiger partial charge in [0, 0.05) is 11.4 Å². The van der Waals surface area contributed by atoms with Crippen molar-refractivity contribution < 1.29 is 14.3 Å². The first-order valence-electron chi connectivity index (χ1n) is 5.13. The molecule has 0 aromatic heterocycles. The van der Waals surface area contributed by atoms with Crippen molar-refractivity contribution in [3.8, 4) is 0 Å². The van der Waals surface area contributed by atoms with Crippen LogP contribution in [-0.2, 0) is 14.3 Å². The van der Waals surface area contributed by atoms with Crippen LogP contribution < -0.4 is 11.1 Å². The Bertz CT molecular complexity index is 320. The number of methoxy groups -OCH3 is 1. The summed E-state index contributed by atoms with van der Waals surface area (Å²) in [6.45, 7) is 11.0. The summed E-state index contributed by atoms with van der Waals surface area (Å²) < 4.78 is 4.32. The van der Waals surface area contributed by atoms with Gasteiger partial charge in [-0.3, -0.25) is 9.59 Å². The zero-order valence-corrected chi connectivity index (χ0v) is 10.6. The molecule has 0 aliphatic heterocycles. The van der Waals surface area contributed by atoms with E-state index in [-0.39, 0.29) is 6.42 Å². The molecule has 0 bridgehead atoms. The van der Waals surface area contributed by atoms with E-state index >= 15 is 0 Å². The maximum atomic E-state index is 11.1. The van der Waals surface area contributed by atoms with Gasteiger partial charge in [0.15, 0.2) is 0 Å². The molecule has 0 fully saturated rings. The molecule has 0 aliphatic rings. The molecule has 0 heterocycles. The first kappa shape index (κ1) is 17.4. The number of esters is 1. The Kier molecular flexibility index (Phi) is 10.7. The summed E-state index contributed by atoms with van der Waals surface area (Å²) in [5.74, 6) is -1.09. The summed E-state index contributed by atoms with van der Waals surface area (Å²) >= 11 is 0. The molecule has 96 valence electrons. The van der Waals surface area contributed by atoms with Crippen molar-refractivity contribution in [2.24, 2.45) is 5.73 Å². The predicted molar refractivity (Wildman–Crippen MR) is 67.7 cm³/mol. The Morgan fingerprint density at radius 3 is 2.24 bits per heavy atom. The Labute approximate surface area is 102 Å². The van der Waals surface area contributed by atoms with E-state index in [1.807, 2.05) is 13.8 Å². The summed E-state index contributed by atoms with van der Waals surface area (Å²) in [6.07, 6.45) is 2.63. The standard InChI is InChI=1S/C10H14N2O3.C2H6/c1-7(11)4-5-8(2)12-9(13)6-10(14)15-3;1-2/h4-5H,1-2,6,11H2,3H3,(H,12,13);1-2H3/b5-4-;. The smallest absolute Gasteiger partial charge is 0.315 e. The van der Waals surface area contributed by atoms with E-state index in [0.29, 0.717) is 11.4 Å². The van der Waals surface area contributed by atoms with Gasteiger partial charge in [-0.05, 0) is 12.2 Å². The van der Waals surface area contributed by atoms with Gasteiger partial charge in [0.1, 0.15) is 6.42 Å². The van der Waals surface area contributed by atoms with Crippen LogP contribution in [0.25, 0.3) is 0 Å². The lowest BCUT2D eigenvalue weighted by atomic mass is 10.3. The average Bonchev–Trinajstić information content (AvgIpc) is 2.28. The van der Waals surface area contributed by atoms with Crippen LogP contribution in [0.3, 0.4) is 0 Å². The molecule has 5 nitrogen and oxygen atoms in total. The van der Waals surface area contributed by atoms with Gasteiger partial charge in [-0.2, -0.15) is 0 Å². The number of nitrogens with two attached hydrogens (primary N) is 1. The lowest BCUT2D eigenvalue weighted by molar-refractivity contribution is -0.143. The van der Waals surface area contributed by atoms with Gasteiger partial charge < -0.3 is 15.8 Å². The number of carbonyl (C=O) groups excluding carboxylic acids is 2. The fourth-order valence-corrected chi connectivity index (χ4v) is 0.676. The summed E-state index contributed by atoms with van der Waals surface area (Å²) in [6, 6.07) is 0. The number of rotatable bonds is 5. The lowest BCUT2D eigenvalue weighted by Crippen LogP contribution is -2.24. The van der Waals surface area contributed by atoms with Gasteiger partial charge in [-0.25, -0.2) is 0 Å². The van der Waals surface area contributed by atoms with Crippen molar-refractivity contribution in [2.45, 2.75) is 20.3 Å². The quantitative estimate of drug-likeness (QED) is 0.430. The minimum absolute atomic E-state index is 0.329. The van der Waals surface area contributed by atoms with Gasteiger partial charge in [0.25, 0.3) is 0 Å². The molecule has 0 saturated heterocycles. The van der Waals surface area contributed by atoms with Crippen LogP contribution in [0.4, 0.5) is 0 Å². The maximum Gasteiger partial charge on any atom is 0.315 e. The molecule has 0 aliphatic carbocycles. The van der Waals surface area contributed by atoms with E-state index in [9.17, 15) is 9.59 Å². The maximum absolute atomic E-state index is 11.1. The number of allylic oxidation sites excluding steroid dienone is 2. The molecule has 0 aromatic carbocycles. The molecule has 1 amide bonds. The van der Waals surface area contributed by atoms with Crippen LogP contribution in [0.15, 0.2) is 36.7 Å². The Morgan fingerprint density at radius 2 is 1.82 bits per heavy atom. The summed E-state index contributed by atoms with van der Waals surface area (Å²) in [7, 11) is 1.21. The topological polar surface area (TPSA) is 81.4 Å². The van der Waals surface area contributed by atoms with Crippen molar-refractivity contribution in [3.63, 3.8) is 0 Å². The minimum Gasteiger partial charge on any atom is -0.469 e. The zero-order valence-electron chi connectivity index (χ0n) is 10.6. The summed E-state index contributed by atoms with van der Waals surface area (Å²) in [5, 5.41) is 2.38. The van der Waals surface area contributed by atoms with Crippen molar-refractivity contribution in [3.05, 3.63) is 36.7 Å². The summed E-state index contributed by atoms with van der Waals surface area (Å²) in [4.78, 5) is 21.8. The van der Waals surface area contributed by atoms with E-state index in [0.717, 1.165) is 0 Å². The number of hydrogen-bond donors (Lipinski definition) is 2. The monoisotopic (exact) mass is 240 g/mol. The first-order valence-corrected chi connectivity index (χ1v) is 5.13. The largest absolute Gasteiger partial charge is 0.469 e. The molecule has 0 aromatic rings. The van der Waals surface area contributed by atoms with Crippen molar-refractivity contribution in [1.29, 1.82) is 0 Å². The van der Waals surface area contributed by atoms with E-state index in [2.05, 4.69) is 23.2 Å². The highest BCUT2D eigenvalue weighted by molar-refractivity contribution is 5.95.